The Balaban J connectivity index is 1.78. The Bertz CT molecular complexity index is 445. The highest BCUT2D eigenvalue weighted by molar-refractivity contribution is 5.88. The average Bonchev–Trinajstić information content (AvgIpc) is 3.00. The summed E-state index contributed by atoms with van der Waals surface area (Å²) in [6.45, 7) is 1.99. The van der Waals surface area contributed by atoms with E-state index in [1.807, 2.05) is 18.2 Å². The number of piperidine rings is 1. The lowest BCUT2D eigenvalue weighted by Crippen LogP contribution is -2.51. The first-order valence-corrected chi connectivity index (χ1v) is 7.88. The second-order valence-corrected chi connectivity index (χ2v) is 6.17. The highest BCUT2D eigenvalue weighted by Crippen LogP contribution is 2.41. The summed E-state index contributed by atoms with van der Waals surface area (Å²) in [6.07, 6.45) is 6.55. The summed E-state index contributed by atoms with van der Waals surface area (Å²) in [7, 11) is 0. The van der Waals surface area contributed by atoms with Gasteiger partial charge in [0.15, 0.2) is 0 Å². The highest BCUT2D eigenvalue weighted by atomic mass is 16.2. The predicted octanol–water partition coefficient (Wildman–Crippen LogP) is 2.37. The van der Waals surface area contributed by atoms with Gasteiger partial charge in [-0.25, -0.2) is 0 Å². The van der Waals surface area contributed by atoms with E-state index in [0.29, 0.717) is 6.04 Å². The Morgan fingerprint density at radius 3 is 2.55 bits per heavy atom. The van der Waals surface area contributed by atoms with Crippen molar-refractivity contribution < 1.29 is 4.79 Å². The maximum Gasteiger partial charge on any atom is 0.230 e. The first-order chi connectivity index (χ1) is 9.81. The van der Waals surface area contributed by atoms with Gasteiger partial charge in [-0.2, -0.15) is 0 Å². The van der Waals surface area contributed by atoms with Crippen LogP contribution in [-0.4, -0.2) is 25.0 Å². The Kier molecular flexibility index (Phi) is 4.06. The zero-order chi connectivity index (χ0) is 13.8. The highest BCUT2D eigenvalue weighted by Gasteiger charge is 2.43. The molecule has 1 aromatic rings. The van der Waals surface area contributed by atoms with Crippen LogP contribution in [0.3, 0.4) is 0 Å². The van der Waals surface area contributed by atoms with Gasteiger partial charge in [-0.15, -0.1) is 0 Å². The Hall–Kier alpha value is -1.35. The zero-order valence-electron chi connectivity index (χ0n) is 12.0. The van der Waals surface area contributed by atoms with Crippen molar-refractivity contribution >= 4 is 5.91 Å². The topological polar surface area (TPSA) is 41.1 Å². The van der Waals surface area contributed by atoms with Crippen LogP contribution in [0.15, 0.2) is 30.3 Å². The average molecular weight is 272 g/mol. The molecule has 20 heavy (non-hydrogen) atoms. The lowest BCUT2D eigenvalue weighted by atomic mass is 9.77. The van der Waals surface area contributed by atoms with Gasteiger partial charge in [-0.1, -0.05) is 43.2 Å². The van der Waals surface area contributed by atoms with Gasteiger partial charge < -0.3 is 10.6 Å². The zero-order valence-corrected chi connectivity index (χ0v) is 12.0. The summed E-state index contributed by atoms with van der Waals surface area (Å²) in [5.41, 5.74) is 0.914. The van der Waals surface area contributed by atoms with E-state index in [1.54, 1.807) is 0 Å². The molecule has 3 heteroatoms. The fourth-order valence-corrected chi connectivity index (χ4v) is 3.68. The number of amides is 1. The second kappa shape index (κ2) is 5.96. The minimum Gasteiger partial charge on any atom is -0.351 e. The fourth-order valence-electron chi connectivity index (χ4n) is 3.68. The van der Waals surface area contributed by atoms with Crippen molar-refractivity contribution in [2.45, 2.75) is 50.0 Å². The van der Waals surface area contributed by atoms with E-state index in [-0.39, 0.29) is 11.3 Å². The number of carbonyl (C=O) groups is 1. The maximum absolute atomic E-state index is 12.9. The molecule has 3 rings (SSSR count). The van der Waals surface area contributed by atoms with Crippen molar-refractivity contribution in [3.8, 4) is 0 Å². The van der Waals surface area contributed by atoms with E-state index in [0.717, 1.165) is 51.6 Å². The summed E-state index contributed by atoms with van der Waals surface area (Å²) < 4.78 is 0. The number of hydrogen-bond acceptors (Lipinski definition) is 2. The molecule has 1 heterocycles. The minimum absolute atomic E-state index is 0.245. The van der Waals surface area contributed by atoms with Gasteiger partial charge in [0.1, 0.15) is 0 Å². The van der Waals surface area contributed by atoms with Crippen molar-refractivity contribution in [3.05, 3.63) is 35.9 Å². The third-order valence-corrected chi connectivity index (χ3v) is 4.85. The largest absolute Gasteiger partial charge is 0.351 e. The SMILES string of the molecule is O=C(NC1CCCNC1)C1(c2ccccc2)CCCC1. The van der Waals surface area contributed by atoms with Crippen LogP contribution in [0.4, 0.5) is 0 Å². The van der Waals surface area contributed by atoms with E-state index in [9.17, 15) is 4.79 Å². The van der Waals surface area contributed by atoms with Gasteiger partial charge in [-0.3, -0.25) is 4.79 Å². The number of nitrogens with one attached hydrogen (secondary N) is 2. The summed E-state index contributed by atoms with van der Waals surface area (Å²) >= 11 is 0. The molecule has 0 aromatic heterocycles. The lowest BCUT2D eigenvalue weighted by molar-refractivity contribution is -0.127. The molecule has 1 amide bonds. The molecule has 0 radical (unpaired) electrons. The number of rotatable bonds is 3. The van der Waals surface area contributed by atoms with Crippen LogP contribution in [0.1, 0.15) is 44.1 Å². The molecule has 0 spiro atoms. The van der Waals surface area contributed by atoms with Crippen molar-refractivity contribution in [2.24, 2.45) is 0 Å². The predicted molar refractivity (Wildman–Crippen MR) is 80.6 cm³/mol. The molecule has 1 aliphatic carbocycles. The molecule has 1 aromatic carbocycles. The number of carbonyl (C=O) groups excluding carboxylic acids is 1. The standard InChI is InChI=1S/C17H24N2O/c20-16(19-15-9-6-12-18-13-15)17(10-4-5-11-17)14-7-2-1-3-8-14/h1-3,7-8,15,18H,4-6,9-13H2,(H,19,20). The molecule has 108 valence electrons. The van der Waals surface area contributed by atoms with Gasteiger partial charge in [0.25, 0.3) is 0 Å². The van der Waals surface area contributed by atoms with Crippen molar-refractivity contribution in [3.63, 3.8) is 0 Å². The molecule has 1 unspecified atom stereocenters. The Morgan fingerprint density at radius 2 is 1.90 bits per heavy atom. The molecular formula is C17H24N2O. The molecule has 1 saturated heterocycles. The van der Waals surface area contributed by atoms with Gasteiger partial charge >= 0.3 is 0 Å². The Labute approximate surface area is 121 Å². The van der Waals surface area contributed by atoms with Crippen LogP contribution in [0.25, 0.3) is 0 Å². The number of hydrogen-bond donors (Lipinski definition) is 2. The molecule has 2 fully saturated rings. The first kappa shape index (κ1) is 13.6. The Morgan fingerprint density at radius 1 is 1.15 bits per heavy atom. The summed E-state index contributed by atoms with van der Waals surface area (Å²) in [4.78, 5) is 12.9. The fraction of sp³-hybridized carbons (Fsp3) is 0.588. The van der Waals surface area contributed by atoms with Crippen LogP contribution in [0, 0.1) is 0 Å². The summed E-state index contributed by atoms with van der Waals surface area (Å²) in [6, 6.07) is 10.6. The third-order valence-electron chi connectivity index (χ3n) is 4.85. The van der Waals surface area contributed by atoms with Crippen LogP contribution in [0.2, 0.25) is 0 Å². The maximum atomic E-state index is 12.9. The van der Waals surface area contributed by atoms with Crippen molar-refractivity contribution in [2.75, 3.05) is 13.1 Å². The van der Waals surface area contributed by atoms with E-state index < -0.39 is 0 Å². The normalized spacial score (nSPS) is 25.3. The molecule has 2 aliphatic rings. The van der Waals surface area contributed by atoms with E-state index in [2.05, 4.69) is 22.8 Å². The third kappa shape index (κ3) is 2.59. The molecule has 1 saturated carbocycles. The summed E-state index contributed by atoms with van der Waals surface area (Å²) in [5, 5.41) is 6.67. The molecule has 2 N–H and O–H groups in total. The van der Waals surface area contributed by atoms with Crippen molar-refractivity contribution in [1.82, 2.24) is 10.6 Å². The first-order valence-electron chi connectivity index (χ1n) is 7.88. The van der Waals surface area contributed by atoms with Crippen LogP contribution in [-0.2, 0) is 10.2 Å². The van der Waals surface area contributed by atoms with Gasteiger partial charge in [-0.05, 0) is 37.8 Å². The van der Waals surface area contributed by atoms with Crippen LogP contribution in [0.5, 0.6) is 0 Å². The van der Waals surface area contributed by atoms with Crippen molar-refractivity contribution in [1.29, 1.82) is 0 Å². The molecule has 1 aliphatic heterocycles. The lowest BCUT2D eigenvalue weighted by Gasteiger charge is -2.32. The summed E-state index contributed by atoms with van der Waals surface area (Å²) in [5.74, 6) is 0.245. The van der Waals surface area contributed by atoms with E-state index in [1.165, 1.54) is 5.56 Å². The van der Waals surface area contributed by atoms with Crippen LogP contribution >= 0.6 is 0 Å². The monoisotopic (exact) mass is 272 g/mol. The van der Waals surface area contributed by atoms with Gasteiger partial charge in [0, 0.05) is 12.6 Å². The van der Waals surface area contributed by atoms with Crippen LogP contribution < -0.4 is 10.6 Å². The number of benzene rings is 1. The second-order valence-electron chi connectivity index (χ2n) is 6.17. The molecule has 3 nitrogen and oxygen atoms in total. The van der Waals surface area contributed by atoms with E-state index >= 15 is 0 Å². The smallest absolute Gasteiger partial charge is 0.230 e. The minimum atomic E-state index is -0.279. The quantitative estimate of drug-likeness (QED) is 0.887. The van der Waals surface area contributed by atoms with Gasteiger partial charge in [0.05, 0.1) is 5.41 Å². The molecular weight excluding hydrogens is 248 g/mol. The van der Waals surface area contributed by atoms with E-state index in [4.69, 9.17) is 0 Å². The molecule has 1 atom stereocenters. The molecule has 0 bridgehead atoms. The van der Waals surface area contributed by atoms with Gasteiger partial charge in [0.2, 0.25) is 5.91 Å².